The fraction of sp³-hybridized carbons (Fsp3) is 0.333. The van der Waals surface area contributed by atoms with Crippen molar-refractivity contribution in [3.8, 4) is 5.75 Å². The molecular weight excluding hydrogens is 265 g/mol. The van der Waals surface area contributed by atoms with Crippen molar-refractivity contribution in [3.63, 3.8) is 0 Å². The summed E-state index contributed by atoms with van der Waals surface area (Å²) in [6.07, 6.45) is -5.71. The van der Waals surface area contributed by atoms with E-state index in [0.717, 1.165) is 0 Å². The smallest absolute Gasteiger partial charge is 0.481 e. The molecule has 1 N–H and O–H groups in total. The normalized spacial score (nSPS) is 11.4. The average Bonchev–Trinajstić information content (AvgIpc) is 2.20. The van der Waals surface area contributed by atoms with E-state index in [1.807, 2.05) is 0 Å². The van der Waals surface area contributed by atoms with Gasteiger partial charge in [0.15, 0.2) is 11.6 Å². The number of alkyl halides is 4. The minimum atomic E-state index is -5.22. The van der Waals surface area contributed by atoms with Crippen molar-refractivity contribution in [1.82, 2.24) is 4.98 Å². The fourth-order valence-electron chi connectivity index (χ4n) is 1.21. The number of nitrogens with zero attached hydrogens (tertiary/aromatic N) is 1. The fourth-order valence-corrected chi connectivity index (χ4v) is 1.21. The Kier molecular flexibility index (Phi) is 4.04. The first-order valence-electron chi connectivity index (χ1n) is 4.44. The van der Waals surface area contributed by atoms with E-state index in [9.17, 15) is 26.7 Å². The molecule has 9 heteroatoms. The highest BCUT2D eigenvalue weighted by atomic mass is 19.4. The molecule has 0 amide bonds. The molecule has 0 radical (unpaired) electrons. The Morgan fingerprint density at radius 3 is 2.50 bits per heavy atom. The molecule has 0 aromatic carbocycles. The van der Waals surface area contributed by atoms with Crippen molar-refractivity contribution in [2.24, 2.45) is 0 Å². The quantitative estimate of drug-likeness (QED) is 0.853. The van der Waals surface area contributed by atoms with Crippen LogP contribution in [0.15, 0.2) is 6.20 Å². The summed E-state index contributed by atoms with van der Waals surface area (Å²) in [5.74, 6) is -4.35. The molecule has 0 unspecified atom stereocenters. The average molecular weight is 271 g/mol. The van der Waals surface area contributed by atoms with Crippen LogP contribution in [0.3, 0.4) is 0 Å². The zero-order chi connectivity index (χ0) is 13.9. The van der Waals surface area contributed by atoms with Gasteiger partial charge in [0, 0.05) is 0 Å². The number of ether oxygens (including phenoxy) is 1. The minimum Gasteiger partial charge on any atom is -0.481 e. The summed E-state index contributed by atoms with van der Waals surface area (Å²) >= 11 is 0. The Bertz CT molecular complexity index is 460. The van der Waals surface area contributed by atoms with E-state index in [1.54, 1.807) is 0 Å². The number of hydrogen-bond donors (Lipinski definition) is 1. The van der Waals surface area contributed by atoms with Crippen molar-refractivity contribution in [1.29, 1.82) is 0 Å². The van der Waals surface area contributed by atoms with E-state index in [2.05, 4.69) is 9.72 Å². The lowest BCUT2D eigenvalue weighted by atomic mass is 10.1. The topological polar surface area (TPSA) is 59.4 Å². The second-order valence-electron chi connectivity index (χ2n) is 3.11. The highest BCUT2D eigenvalue weighted by molar-refractivity contribution is 5.70. The molecule has 0 saturated carbocycles. The lowest BCUT2D eigenvalue weighted by Gasteiger charge is -2.14. The van der Waals surface area contributed by atoms with Crippen molar-refractivity contribution in [2.45, 2.75) is 19.5 Å². The van der Waals surface area contributed by atoms with E-state index in [-0.39, 0.29) is 0 Å². The maximum Gasteiger partial charge on any atom is 0.573 e. The van der Waals surface area contributed by atoms with Crippen LogP contribution >= 0.6 is 0 Å². The Hall–Kier alpha value is -1.93. The second kappa shape index (κ2) is 5.15. The van der Waals surface area contributed by atoms with Gasteiger partial charge in [0.25, 0.3) is 0 Å². The number of halogens is 5. The number of aliphatic carboxylic acids is 1. The van der Waals surface area contributed by atoms with E-state index in [0.29, 0.717) is 6.20 Å². The summed E-state index contributed by atoms with van der Waals surface area (Å²) < 4.78 is 65.0. The number of carbonyl (C=O) groups is 1. The second-order valence-corrected chi connectivity index (χ2v) is 3.11. The molecule has 0 saturated heterocycles. The van der Waals surface area contributed by atoms with Gasteiger partial charge in [-0.1, -0.05) is 0 Å². The number of rotatable bonds is 4. The first-order valence-corrected chi connectivity index (χ1v) is 4.44. The largest absolute Gasteiger partial charge is 0.573 e. The van der Waals surface area contributed by atoms with Gasteiger partial charge in [-0.2, -0.15) is 0 Å². The number of carboxylic acid groups (broad SMARTS) is 1. The first-order chi connectivity index (χ1) is 8.24. The maximum absolute atomic E-state index is 13.1. The van der Waals surface area contributed by atoms with Crippen molar-refractivity contribution < 1.29 is 36.6 Å². The lowest BCUT2D eigenvalue weighted by Crippen LogP contribution is -2.20. The first kappa shape index (κ1) is 14.1. The summed E-state index contributed by atoms with van der Waals surface area (Å²) in [7, 11) is 0. The molecule has 0 aliphatic heterocycles. The predicted octanol–water partition coefficient (Wildman–Crippen LogP) is 2.22. The SMILES string of the molecule is O=C(O)Cc1ncc(F)c(OC(F)(F)F)c1CF. The molecule has 18 heavy (non-hydrogen) atoms. The summed E-state index contributed by atoms with van der Waals surface area (Å²) in [6, 6.07) is 0. The summed E-state index contributed by atoms with van der Waals surface area (Å²) in [6.45, 7) is -1.53. The van der Waals surface area contributed by atoms with E-state index < -0.39 is 48.3 Å². The minimum absolute atomic E-state index is 0.346. The lowest BCUT2D eigenvalue weighted by molar-refractivity contribution is -0.276. The Labute approximate surface area is 97.0 Å². The zero-order valence-electron chi connectivity index (χ0n) is 8.59. The van der Waals surface area contributed by atoms with Gasteiger partial charge >= 0.3 is 12.3 Å². The van der Waals surface area contributed by atoms with Gasteiger partial charge in [0.1, 0.15) is 6.67 Å². The van der Waals surface area contributed by atoms with Gasteiger partial charge < -0.3 is 9.84 Å². The standard InChI is InChI=1S/C9H6F5NO3/c10-2-4-6(1-7(16)17)15-3-5(11)8(4)18-9(12,13)14/h3H,1-2H2,(H,16,17). The van der Waals surface area contributed by atoms with Gasteiger partial charge in [-0.15, -0.1) is 13.2 Å². The number of aromatic nitrogens is 1. The van der Waals surface area contributed by atoms with Gasteiger partial charge in [-0.25, -0.2) is 8.78 Å². The van der Waals surface area contributed by atoms with Crippen molar-refractivity contribution in [2.75, 3.05) is 0 Å². The van der Waals surface area contributed by atoms with Crippen LogP contribution in [0.5, 0.6) is 5.75 Å². The number of carboxylic acids is 1. The predicted molar refractivity (Wildman–Crippen MR) is 47.0 cm³/mol. The molecule has 4 nitrogen and oxygen atoms in total. The monoisotopic (exact) mass is 271 g/mol. The van der Waals surface area contributed by atoms with Crippen molar-refractivity contribution in [3.05, 3.63) is 23.3 Å². The van der Waals surface area contributed by atoms with E-state index in [1.165, 1.54) is 0 Å². The summed E-state index contributed by atoms with van der Waals surface area (Å²) in [5.41, 5.74) is -1.39. The Morgan fingerprint density at radius 2 is 2.06 bits per heavy atom. The van der Waals surface area contributed by atoms with Gasteiger partial charge in [-0.3, -0.25) is 9.78 Å². The van der Waals surface area contributed by atoms with Crippen LogP contribution in [0.25, 0.3) is 0 Å². The molecule has 0 aliphatic rings. The number of pyridine rings is 1. The molecule has 1 aromatic heterocycles. The molecule has 1 rings (SSSR count). The van der Waals surface area contributed by atoms with Gasteiger partial charge in [0.2, 0.25) is 0 Å². The van der Waals surface area contributed by atoms with Crippen LogP contribution < -0.4 is 4.74 Å². The van der Waals surface area contributed by atoms with E-state index >= 15 is 0 Å². The molecular formula is C9H6F5NO3. The van der Waals surface area contributed by atoms with Gasteiger partial charge in [-0.05, 0) is 0 Å². The van der Waals surface area contributed by atoms with E-state index in [4.69, 9.17) is 5.11 Å². The highest BCUT2D eigenvalue weighted by Crippen LogP contribution is 2.31. The molecule has 1 aromatic rings. The van der Waals surface area contributed by atoms with Crippen LogP contribution in [-0.2, 0) is 17.9 Å². The summed E-state index contributed by atoms with van der Waals surface area (Å²) in [4.78, 5) is 13.6. The molecule has 0 bridgehead atoms. The zero-order valence-corrected chi connectivity index (χ0v) is 8.59. The Morgan fingerprint density at radius 1 is 1.44 bits per heavy atom. The molecule has 1 heterocycles. The third-order valence-electron chi connectivity index (χ3n) is 1.84. The maximum atomic E-state index is 13.1. The third kappa shape index (κ3) is 3.54. The molecule has 0 fully saturated rings. The Balaban J connectivity index is 3.25. The highest BCUT2D eigenvalue weighted by Gasteiger charge is 2.34. The van der Waals surface area contributed by atoms with Crippen LogP contribution in [0.4, 0.5) is 22.0 Å². The van der Waals surface area contributed by atoms with Crippen LogP contribution in [0.2, 0.25) is 0 Å². The van der Waals surface area contributed by atoms with Crippen molar-refractivity contribution >= 4 is 5.97 Å². The van der Waals surface area contributed by atoms with Crippen LogP contribution in [-0.4, -0.2) is 22.4 Å². The number of hydrogen-bond acceptors (Lipinski definition) is 3. The van der Waals surface area contributed by atoms with Crippen LogP contribution in [0.1, 0.15) is 11.3 Å². The third-order valence-corrected chi connectivity index (χ3v) is 1.84. The molecule has 100 valence electrons. The summed E-state index contributed by atoms with van der Waals surface area (Å²) in [5, 5.41) is 8.46. The molecule has 0 spiro atoms. The van der Waals surface area contributed by atoms with Crippen LogP contribution in [0, 0.1) is 5.82 Å². The molecule has 0 aliphatic carbocycles. The van der Waals surface area contributed by atoms with Gasteiger partial charge in [0.05, 0.1) is 23.9 Å². The molecule has 0 atom stereocenters.